The molecule has 0 amide bonds. The summed E-state index contributed by atoms with van der Waals surface area (Å²) < 4.78 is 55.7. The zero-order chi connectivity index (χ0) is 21.2. The smallest absolute Gasteiger partial charge is 0.481 e. The third-order valence-electron chi connectivity index (χ3n) is 4.04. The van der Waals surface area contributed by atoms with Crippen LogP contribution in [-0.4, -0.2) is 22.4 Å². The van der Waals surface area contributed by atoms with Gasteiger partial charge in [0, 0.05) is 17.0 Å². The molecular formula is C20H15F4NO3S. The summed E-state index contributed by atoms with van der Waals surface area (Å²) in [6, 6.07) is 9.10. The second kappa shape index (κ2) is 8.20. The monoisotopic (exact) mass is 425 g/mol. The van der Waals surface area contributed by atoms with Crippen molar-refractivity contribution in [1.82, 2.24) is 4.98 Å². The van der Waals surface area contributed by atoms with Crippen LogP contribution in [0.25, 0.3) is 11.1 Å². The van der Waals surface area contributed by atoms with Crippen molar-refractivity contribution in [2.45, 2.75) is 25.6 Å². The maximum Gasteiger partial charge on any atom is 0.573 e. The molecule has 0 fully saturated rings. The van der Waals surface area contributed by atoms with Crippen molar-refractivity contribution in [2.75, 3.05) is 0 Å². The highest BCUT2D eigenvalue weighted by atomic mass is 32.1. The van der Waals surface area contributed by atoms with Crippen LogP contribution in [0.3, 0.4) is 0 Å². The SMILES string of the molecule is Cc1cnc(C(CC(=O)O)c2cc(F)cc(-c3cccc(OC(F)(F)F)c3)c2)s1. The fourth-order valence-electron chi connectivity index (χ4n) is 2.91. The van der Waals surface area contributed by atoms with Gasteiger partial charge in [0.05, 0.1) is 6.42 Å². The minimum atomic E-state index is -4.85. The van der Waals surface area contributed by atoms with Crippen LogP contribution in [0.5, 0.6) is 5.75 Å². The van der Waals surface area contributed by atoms with Gasteiger partial charge in [0.1, 0.15) is 16.6 Å². The lowest BCUT2D eigenvalue weighted by atomic mass is 9.92. The van der Waals surface area contributed by atoms with Crippen molar-refractivity contribution in [3.63, 3.8) is 0 Å². The second-order valence-electron chi connectivity index (χ2n) is 6.31. The highest BCUT2D eigenvalue weighted by Crippen LogP contribution is 2.35. The molecule has 0 aliphatic carbocycles. The van der Waals surface area contributed by atoms with E-state index in [1.807, 2.05) is 6.92 Å². The Labute approximate surface area is 167 Å². The van der Waals surface area contributed by atoms with Crippen LogP contribution in [-0.2, 0) is 4.79 Å². The molecule has 1 atom stereocenters. The van der Waals surface area contributed by atoms with Gasteiger partial charge in [-0.2, -0.15) is 0 Å². The van der Waals surface area contributed by atoms with E-state index in [-0.39, 0.29) is 6.42 Å². The molecule has 0 saturated carbocycles. The zero-order valence-electron chi connectivity index (χ0n) is 15.0. The normalized spacial score (nSPS) is 12.6. The molecule has 0 bridgehead atoms. The van der Waals surface area contributed by atoms with Gasteiger partial charge < -0.3 is 9.84 Å². The number of alkyl halides is 3. The first-order chi connectivity index (χ1) is 13.6. The number of aliphatic carboxylic acids is 1. The topological polar surface area (TPSA) is 59.4 Å². The molecule has 2 aromatic carbocycles. The van der Waals surface area contributed by atoms with Crippen LogP contribution < -0.4 is 4.74 Å². The minimum absolute atomic E-state index is 0.299. The van der Waals surface area contributed by atoms with Crippen molar-refractivity contribution in [2.24, 2.45) is 0 Å². The predicted molar refractivity (Wildman–Crippen MR) is 99.5 cm³/mol. The van der Waals surface area contributed by atoms with E-state index in [1.165, 1.54) is 35.6 Å². The first-order valence-corrected chi connectivity index (χ1v) is 9.23. The summed E-state index contributed by atoms with van der Waals surface area (Å²) in [6.07, 6.45) is -3.54. The summed E-state index contributed by atoms with van der Waals surface area (Å²) in [7, 11) is 0. The number of carboxylic acid groups (broad SMARTS) is 1. The number of rotatable bonds is 6. The summed E-state index contributed by atoms with van der Waals surface area (Å²) in [5, 5.41) is 9.80. The van der Waals surface area contributed by atoms with E-state index >= 15 is 0 Å². The molecule has 0 aliphatic rings. The van der Waals surface area contributed by atoms with E-state index < -0.39 is 29.8 Å². The number of thiazole rings is 1. The summed E-state index contributed by atoms with van der Waals surface area (Å²) >= 11 is 1.31. The Morgan fingerprint density at radius 3 is 2.59 bits per heavy atom. The fourth-order valence-corrected chi connectivity index (χ4v) is 3.81. The minimum Gasteiger partial charge on any atom is -0.481 e. The number of nitrogens with zero attached hydrogens (tertiary/aromatic N) is 1. The highest BCUT2D eigenvalue weighted by molar-refractivity contribution is 7.11. The molecule has 1 aromatic heterocycles. The maximum atomic E-state index is 14.3. The van der Waals surface area contributed by atoms with Crippen molar-refractivity contribution in [3.05, 3.63) is 69.9 Å². The van der Waals surface area contributed by atoms with Crippen LogP contribution in [0.2, 0.25) is 0 Å². The standard InChI is InChI=1S/C20H15F4NO3S/c1-11-10-25-19(29-11)17(9-18(26)27)14-5-13(6-15(21)7-14)12-3-2-4-16(8-12)28-20(22,23)24/h2-8,10,17H,9H2,1H3,(H,26,27). The largest absolute Gasteiger partial charge is 0.573 e. The van der Waals surface area contributed by atoms with Gasteiger partial charge in [-0.25, -0.2) is 9.37 Å². The average molecular weight is 425 g/mol. The van der Waals surface area contributed by atoms with E-state index in [4.69, 9.17) is 0 Å². The number of aryl methyl sites for hydroxylation is 1. The highest BCUT2D eigenvalue weighted by Gasteiger charge is 2.31. The summed E-state index contributed by atoms with van der Waals surface area (Å²) in [4.78, 5) is 16.4. The van der Waals surface area contributed by atoms with E-state index in [0.29, 0.717) is 21.7 Å². The number of hydrogen-bond acceptors (Lipinski definition) is 4. The van der Waals surface area contributed by atoms with Crippen molar-refractivity contribution in [3.8, 4) is 16.9 Å². The lowest BCUT2D eigenvalue weighted by Crippen LogP contribution is -2.17. The quantitative estimate of drug-likeness (QED) is 0.510. The fraction of sp³-hybridized carbons (Fsp3) is 0.200. The lowest BCUT2D eigenvalue weighted by Gasteiger charge is -2.15. The zero-order valence-corrected chi connectivity index (χ0v) is 15.9. The Morgan fingerprint density at radius 2 is 1.97 bits per heavy atom. The Balaban J connectivity index is 2.03. The Morgan fingerprint density at radius 1 is 1.21 bits per heavy atom. The molecule has 152 valence electrons. The van der Waals surface area contributed by atoms with Gasteiger partial charge in [-0.15, -0.1) is 24.5 Å². The third-order valence-corrected chi connectivity index (χ3v) is 5.07. The second-order valence-corrected chi connectivity index (χ2v) is 7.57. The molecule has 0 spiro atoms. The van der Waals surface area contributed by atoms with Gasteiger partial charge in [0.25, 0.3) is 0 Å². The van der Waals surface area contributed by atoms with Crippen molar-refractivity contribution in [1.29, 1.82) is 0 Å². The van der Waals surface area contributed by atoms with Crippen LogP contribution in [0.4, 0.5) is 17.6 Å². The van der Waals surface area contributed by atoms with Gasteiger partial charge in [-0.1, -0.05) is 18.2 Å². The molecule has 1 N–H and O–H groups in total. The number of carbonyl (C=O) groups is 1. The molecule has 3 rings (SSSR count). The first kappa shape index (κ1) is 20.8. The van der Waals surface area contributed by atoms with E-state index in [9.17, 15) is 27.5 Å². The third kappa shape index (κ3) is 5.54. The van der Waals surface area contributed by atoms with E-state index in [2.05, 4.69) is 9.72 Å². The Hall–Kier alpha value is -2.94. The summed E-state index contributed by atoms with van der Waals surface area (Å²) in [5.74, 6) is -2.83. The van der Waals surface area contributed by atoms with Crippen molar-refractivity contribution < 1.29 is 32.2 Å². The van der Waals surface area contributed by atoms with Gasteiger partial charge in [-0.05, 0) is 47.9 Å². The van der Waals surface area contributed by atoms with Gasteiger partial charge in [0.15, 0.2) is 0 Å². The van der Waals surface area contributed by atoms with Gasteiger partial charge in [0.2, 0.25) is 0 Å². The summed E-state index contributed by atoms with van der Waals surface area (Å²) in [6.45, 7) is 1.82. The van der Waals surface area contributed by atoms with Crippen LogP contribution in [0, 0.1) is 12.7 Å². The molecule has 0 aliphatic heterocycles. The molecule has 29 heavy (non-hydrogen) atoms. The molecule has 3 aromatic rings. The van der Waals surface area contributed by atoms with Gasteiger partial charge >= 0.3 is 12.3 Å². The molecule has 9 heteroatoms. The molecule has 1 unspecified atom stereocenters. The maximum absolute atomic E-state index is 14.3. The summed E-state index contributed by atoms with van der Waals surface area (Å²) in [5.41, 5.74) is 0.979. The average Bonchev–Trinajstić information content (AvgIpc) is 3.04. The number of carboxylic acids is 1. The molecule has 0 radical (unpaired) electrons. The van der Waals surface area contributed by atoms with E-state index in [1.54, 1.807) is 12.3 Å². The van der Waals surface area contributed by atoms with Crippen LogP contribution >= 0.6 is 11.3 Å². The molecule has 4 nitrogen and oxygen atoms in total. The lowest BCUT2D eigenvalue weighted by molar-refractivity contribution is -0.274. The Bertz CT molecular complexity index is 1030. The number of benzene rings is 2. The molecular weight excluding hydrogens is 410 g/mol. The Kier molecular flexibility index (Phi) is 5.88. The van der Waals surface area contributed by atoms with Crippen LogP contribution in [0.15, 0.2) is 48.7 Å². The molecule has 1 heterocycles. The molecule has 0 saturated heterocycles. The number of aromatic nitrogens is 1. The first-order valence-electron chi connectivity index (χ1n) is 8.41. The van der Waals surface area contributed by atoms with E-state index in [0.717, 1.165) is 17.0 Å². The number of ether oxygens (including phenoxy) is 1. The van der Waals surface area contributed by atoms with Crippen LogP contribution in [0.1, 0.15) is 27.8 Å². The van der Waals surface area contributed by atoms with Crippen molar-refractivity contribution >= 4 is 17.3 Å². The number of hydrogen-bond donors (Lipinski definition) is 1. The number of halogens is 4. The van der Waals surface area contributed by atoms with Gasteiger partial charge in [-0.3, -0.25) is 4.79 Å². The predicted octanol–water partition coefficient (Wildman–Crippen LogP) is 5.76.